The molecule has 1 aromatic heterocycles. The lowest BCUT2D eigenvalue weighted by Crippen LogP contribution is -2.13. The van der Waals surface area contributed by atoms with Crippen molar-refractivity contribution in [3.63, 3.8) is 0 Å². The molecule has 19 heavy (non-hydrogen) atoms. The van der Waals surface area contributed by atoms with Crippen LogP contribution in [0.3, 0.4) is 0 Å². The Hall–Kier alpha value is -1.27. The number of carbonyl (C=O) groups is 1. The van der Waals surface area contributed by atoms with Crippen LogP contribution >= 0.6 is 27.3 Å². The highest BCUT2D eigenvalue weighted by molar-refractivity contribution is 9.10. The molecule has 0 saturated carbocycles. The fourth-order valence-corrected chi connectivity index (χ4v) is 2.90. The predicted molar refractivity (Wildman–Crippen MR) is 78.3 cm³/mol. The average Bonchev–Trinajstić information content (AvgIpc) is 2.72. The molecule has 1 amide bonds. The van der Waals surface area contributed by atoms with E-state index in [1.807, 2.05) is 13.8 Å². The summed E-state index contributed by atoms with van der Waals surface area (Å²) < 4.78 is 14.2. The van der Waals surface area contributed by atoms with Gasteiger partial charge < -0.3 is 0 Å². The van der Waals surface area contributed by atoms with Crippen LogP contribution in [0.4, 0.5) is 9.52 Å². The summed E-state index contributed by atoms with van der Waals surface area (Å²) in [5, 5.41) is 3.13. The molecule has 0 fully saturated rings. The number of carbonyl (C=O) groups excluding carboxylic acids is 1. The molecular weight excluding hydrogens is 331 g/mol. The molecule has 0 aliphatic carbocycles. The van der Waals surface area contributed by atoms with E-state index in [0.29, 0.717) is 9.60 Å². The molecule has 0 aliphatic rings. The van der Waals surface area contributed by atoms with Crippen molar-refractivity contribution < 1.29 is 9.18 Å². The molecule has 0 unspecified atom stereocenters. The second-order valence-electron chi connectivity index (χ2n) is 3.95. The minimum Gasteiger partial charge on any atom is -0.298 e. The number of hydrogen-bond donors (Lipinski definition) is 1. The highest BCUT2D eigenvalue weighted by Gasteiger charge is 2.15. The largest absolute Gasteiger partial charge is 0.298 e. The first-order valence-electron chi connectivity index (χ1n) is 5.74. The van der Waals surface area contributed by atoms with Gasteiger partial charge in [-0.3, -0.25) is 10.1 Å². The number of benzene rings is 1. The molecule has 2 rings (SSSR count). The molecule has 1 heterocycles. The molecule has 100 valence electrons. The predicted octanol–water partition coefficient (Wildman–Crippen LogP) is 4.17. The molecule has 0 atom stereocenters. The van der Waals surface area contributed by atoms with E-state index in [1.165, 1.54) is 23.5 Å². The number of anilines is 1. The summed E-state index contributed by atoms with van der Waals surface area (Å²) in [6.45, 7) is 3.95. The summed E-state index contributed by atoms with van der Waals surface area (Å²) in [7, 11) is 0. The Morgan fingerprint density at radius 1 is 1.53 bits per heavy atom. The van der Waals surface area contributed by atoms with E-state index in [1.54, 1.807) is 6.07 Å². The van der Waals surface area contributed by atoms with Gasteiger partial charge in [0.1, 0.15) is 5.82 Å². The van der Waals surface area contributed by atoms with Crippen LogP contribution in [0.2, 0.25) is 0 Å². The lowest BCUT2D eigenvalue weighted by Gasteiger charge is -2.03. The number of aryl methyl sites for hydroxylation is 2. The maximum absolute atomic E-state index is 13.6. The minimum absolute atomic E-state index is 0.000256. The Balaban J connectivity index is 2.22. The fourth-order valence-electron chi connectivity index (χ4n) is 1.65. The molecule has 0 bridgehead atoms. The smallest absolute Gasteiger partial charge is 0.260 e. The van der Waals surface area contributed by atoms with Gasteiger partial charge in [0, 0.05) is 9.35 Å². The maximum Gasteiger partial charge on any atom is 0.260 e. The van der Waals surface area contributed by atoms with Crippen molar-refractivity contribution in [2.75, 3.05) is 5.32 Å². The van der Waals surface area contributed by atoms with E-state index in [4.69, 9.17) is 0 Å². The van der Waals surface area contributed by atoms with Crippen molar-refractivity contribution >= 4 is 38.3 Å². The van der Waals surface area contributed by atoms with E-state index in [9.17, 15) is 9.18 Å². The van der Waals surface area contributed by atoms with Crippen LogP contribution in [0.15, 0.2) is 22.7 Å². The van der Waals surface area contributed by atoms with Gasteiger partial charge in [0.25, 0.3) is 5.91 Å². The quantitative estimate of drug-likeness (QED) is 0.909. The fraction of sp³-hybridized carbons (Fsp3) is 0.231. The Bertz CT molecular complexity index is 627. The zero-order valence-electron chi connectivity index (χ0n) is 10.5. The number of nitrogens with zero attached hydrogens (tertiary/aromatic N) is 1. The zero-order chi connectivity index (χ0) is 14.0. The van der Waals surface area contributed by atoms with Crippen LogP contribution in [0.1, 0.15) is 27.9 Å². The van der Waals surface area contributed by atoms with E-state index in [0.717, 1.165) is 17.0 Å². The van der Waals surface area contributed by atoms with Crippen LogP contribution in [0.25, 0.3) is 0 Å². The Morgan fingerprint density at radius 3 is 2.89 bits per heavy atom. The third-order valence-corrected chi connectivity index (χ3v) is 4.04. The molecule has 0 radical (unpaired) electrons. The van der Waals surface area contributed by atoms with E-state index >= 15 is 0 Å². The Labute approximate surface area is 123 Å². The van der Waals surface area contributed by atoms with Gasteiger partial charge in [-0.05, 0) is 31.5 Å². The first-order chi connectivity index (χ1) is 9.01. The normalized spacial score (nSPS) is 10.5. The maximum atomic E-state index is 13.6. The van der Waals surface area contributed by atoms with Gasteiger partial charge in [-0.1, -0.05) is 22.9 Å². The van der Waals surface area contributed by atoms with Gasteiger partial charge in [0.2, 0.25) is 0 Å². The molecule has 3 nitrogen and oxygen atoms in total. The van der Waals surface area contributed by atoms with Crippen molar-refractivity contribution in [2.45, 2.75) is 20.3 Å². The van der Waals surface area contributed by atoms with Crippen LogP contribution in [-0.2, 0) is 6.42 Å². The summed E-state index contributed by atoms with van der Waals surface area (Å²) in [4.78, 5) is 17.4. The van der Waals surface area contributed by atoms with E-state index < -0.39 is 11.7 Å². The zero-order valence-corrected chi connectivity index (χ0v) is 12.9. The van der Waals surface area contributed by atoms with Gasteiger partial charge in [0.05, 0.1) is 11.3 Å². The molecule has 2 aromatic rings. The third kappa shape index (κ3) is 3.19. The molecular formula is C13H12BrFN2OS. The highest BCUT2D eigenvalue weighted by Crippen LogP contribution is 2.23. The summed E-state index contributed by atoms with van der Waals surface area (Å²) >= 11 is 4.61. The van der Waals surface area contributed by atoms with Crippen LogP contribution in [-0.4, -0.2) is 10.9 Å². The summed E-state index contributed by atoms with van der Waals surface area (Å²) in [6, 6.07) is 4.25. The monoisotopic (exact) mass is 342 g/mol. The van der Waals surface area contributed by atoms with Crippen LogP contribution in [0, 0.1) is 12.7 Å². The SMILES string of the molecule is CCc1nc(NC(=O)c2cc(Br)ccc2F)sc1C. The van der Waals surface area contributed by atoms with Crippen LogP contribution in [0.5, 0.6) is 0 Å². The third-order valence-electron chi connectivity index (χ3n) is 2.62. The van der Waals surface area contributed by atoms with Crippen molar-refractivity contribution in [1.82, 2.24) is 4.98 Å². The number of rotatable bonds is 3. The topological polar surface area (TPSA) is 42.0 Å². The van der Waals surface area contributed by atoms with Crippen molar-refractivity contribution in [3.8, 4) is 0 Å². The highest BCUT2D eigenvalue weighted by atomic mass is 79.9. The summed E-state index contributed by atoms with van der Waals surface area (Å²) in [5.74, 6) is -1.04. The van der Waals surface area contributed by atoms with Gasteiger partial charge in [-0.2, -0.15) is 0 Å². The minimum atomic E-state index is -0.551. The van der Waals surface area contributed by atoms with E-state index in [2.05, 4.69) is 26.2 Å². The average molecular weight is 343 g/mol. The number of nitrogens with one attached hydrogen (secondary N) is 1. The van der Waals surface area contributed by atoms with Gasteiger partial charge in [-0.25, -0.2) is 9.37 Å². The van der Waals surface area contributed by atoms with Crippen molar-refractivity contribution in [2.24, 2.45) is 0 Å². The first kappa shape index (κ1) is 14.1. The summed E-state index contributed by atoms with van der Waals surface area (Å²) in [6.07, 6.45) is 0.809. The Kier molecular flexibility index (Phi) is 4.31. The Morgan fingerprint density at radius 2 is 2.26 bits per heavy atom. The lowest BCUT2D eigenvalue weighted by molar-refractivity contribution is 0.102. The molecule has 1 aromatic carbocycles. The summed E-state index contributed by atoms with van der Waals surface area (Å²) in [5.41, 5.74) is 0.954. The van der Waals surface area contributed by atoms with E-state index in [-0.39, 0.29) is 5.56 Å². The van der Waals surface area contributed by atoms with Crippen molar-refractivity contribution in [3.05, 3.63) is 44.6 Å². The number of hydrogen-bond acceptors (Lipinski definition) is 3. The second kappa shape index (κ2) is 5.79. The number of aromatic nitrogens is 1. The second-order valence-corrected chi connectivity index (χ2v) is 6.07. The van der Waals surface area contributed by atoms with Gasteiger partial charge in [-0.15, -0.1) is 11.3 Å². The molecule has 0 spiro atoms. The number of amides is 1. The van der Waals surface area contributed by atoms with Crippen LogP contribution < -0.4 is 5.32 Å². The van der Waals surface area contributed by atoms with Gasteiger partial charge >= 0.3 is 0 Å². The van der Waals surface area contributed by atoms with Crippen molar-refractivity contribution in [1.29, 1.82) is 0 Å². The molecule has 0 saturated heterocycles. The molecule has 0 aliphatic heterocycles. The van der Waals surface area contributed by atoms with Gasteiger partial charge in [0.15, 0.2) is 5.13 Å². The number of halogens is 2. The molecule has 1 N–H and O–H groups in total. The molecule has 6 heteroatoms. The lowest BCUT2D eigenvalue weighted by atomic mass is 10.2. The first-order valence-corrected chi connectivity index (χ1v) is 7.35. The standard InChI is InChI=1S/C13H12BrFN2OS/c1-3-11-7(2)19-13(16-11)17-12(18)9-6-8(14)4-5-10(9)15/h4-6H,3H2,1-2H3,(H,16,17,18). The number of thiazole rings is 1.